The lowest BCUT2D eigenvalue weighted by Gasteiger charge is -2.00. The van der Waals surface area contributed by atoms with Gasteiger partial charge in [0.05, 0.1) is 5.52 Å². The number of aromatic amines is 1. The van der Waals surface area contributed by atoms with Gasteiger partial charge in [-0.05, 0) is 18.6 Å². The van der Waals surface area contributed by atoms with Crippen LogP contribution in [0.1, 0.15) is 19.8 Å². The zero-order valence-electron chi connectivity index (χ0n) is 8.38. The Balaban J connectivity index is 2.17. The van der Waals surface area contributed by atoms with Gasteiger partial charge in [-0.15, -0.1) is 0 Å². The Hall–Kier alpha value is -1.51. The summed E-state index contributed by atoms with van der Waals surface area (Å²) in [5.41, 5.74) is 1.09. The zero-order chi connectivity index (χ0) is 9.80. The topological polar surface area (TPSA) is 40.7 Å². The maximum Gasteiger partial charge on any atom is 0.155 e. The molecular formula is C11H15N3. The first kappa shape index (κ1) is 9.06. The van der Waals surface area contributed by atoms with Crippen molar-refractivity contribution < 1.29 is 0 Å². The Morgan fingerprint density at radius 1 is 1.36 bits per heavy atom. The van der Waals surface area contributed by atoms with Crippen molar-refractivity contribution in [3.63, 3.8) is 0 Å². The summed E-state index contributed by atoms with van der Waals surface area (Å²) in [6.45, 7) is 3.18. The lowest BCUT2D eigenvalue weighted by molar-refractivity contribution is 0.830. The molecule has 1 aromatic carbocycles. The fraction of sp³-hybridized carbons (Fsp3) is 0.364. The molecule has 0 radical (unpaired) electrons. The summed E-state index contributed by atoms with van der Waals surface area (Å²) < 4.78 is 0. The highest BCUT2D eigenvalue weighted by Crippen LogP contribution is 2.19. The molecule has 0 fully saturated rings. The minimum Gasteiger partial charge on any atom is -0.368 e. The molecule has 2 N–H and O–H groups in total. The van der Waals surface area contributed by atoms with E-state index in [-0.39, 0.29) is 0 Å². The minimum atomic E-state index is 0.967. The third kappa shape index (κ3) is 1.71. The molecule has 0 saturated carbocycles. The monoisotopic (exact) mass is 189 g/mol. The Bertz CT molecular complexity index is 406. The van der Waals surface area contributed by atoms with Crippen molar-refractivity contribution in [1.82, 2.24) is 10.2 Å². The van der Waals surface area contributed by atoms with E-state index in [1.165, 1.54) is 18.2 Å². The number of rotatable bonds is 4. The molecule has 74 valence electrons. The van der Waals surface area contributed by atoms with Crippen LogP contribution in [0.4, 0.5) is 5.82 Å². The summed E-state index contributed by atoms with van der Waals surface area (Å²) in [7, 11) is 0. The van der Waals surface area contributed by atoms with Crippen molar-refractivity contribution >= 4 is 16.7 Å². The number of unbranched alkanes of at least 4 members (excludes halogenated alkanes) is 1. The Labute approximate surface area is 83.5 Å². The second-order valence-corrected chi connectivity index (χ2v) is 3.40. The fourth-order valence-electron chi connectivity index (χ4n) is 1.48. The van der Waals surface area contributed by atoms with Gasteiger partial charge in [-0.3, -0.25) is 5.10 Å². The van der Waals surface area contributed by atoms with Crippen molar-refractivity contribution in [1.29, 1.82) is 0 Å². The molecule has 0 amide bonds. The summed E-state index contributed by atoms with van der Waals surface area (Å²) in [5, 5.41) is 11.7. The van der Waals surface area contributed by atoms with Gasteiger partial charge in [0.1, 0.15) is 0 Å². The van der Waals surface area contributed by atoms with Crippen LogP contribution < -0.4 is 5.32 Å². The molecule has 3 nitrogen and oxygen atoms in total. The van der Waals surface area contributed by atoms with Crippen LogP contribution in [0.15, 0.2) is 24.3 Å². The molecule has 2 aromatic rings. The quantitative estimate of drug-likeness (QED) is 0.726. The number of H-pyrrole nitrogens is 1. The zero-order valence-corrected chi connectivity index (χ0v) is 8.38. The second kappa shape index (κ2) is 4.13. The van der Waals surface area contributed by atoms with Crippen molar-refractivity contribution in [3.8, 4) is 0 Å². The average molecular weight is 189 g/mol. The van der Waals surface area contributed by atoms with Crippen molar-refractivity contribution in [2.45, 2.75) is 19.8 Å². The van der Waals surface area contributed by atoms with Crippen LogP contribution in [-0.2, 0) is 0 Å². The van der Waals surface area contributed by atoms with Crippen molar-refractivity contribution in [3.05, 3.63) is 24.3 Å². The highest BCUT2D eigenvalue weighted by Gasteiger charge is 2.02. The molecule has 0 atom stereocenters. The number of anilines is 1. The molecule has 0 unspecified atom stereocenters. The van der Waals surface area contributed by atoms with E-state index in [9.17, 15) is 0 Å². The molecule has 1 aromatic heterocycles. The molecular weight excluding hydrogens is 174 g/mol. The van der Waals surface area contributed by atoms with E-state index < -0.39 is 0 Å². The summed E-state index contributed by atoms with van der Waals surface area (Å²) in [6.07, 6.45) is 2.39. The average Bonchev–Trinajstić information content (AvgIpc) is 2.63. The standard InChI is InChI=1S/C11H15N3/c1-2-3-8-12-11-9-6-4-5-7-10(9)13-14-11/h4-7H,2-3,8H2,1H3,(H2,12,13,14). The van der Waals surface area contributed by atoms with E-state index in [0.717, 1.165) is 17.9 Å². The number of aromatic nitrogens is 2. The van der Waals surface area contributed by atoms with Crippen molar-refractivity contribution in [2.24, 2.45) is 0 Å². The number of nitrogens with zero attached hydrogens (tertiary/aromatic N) is 1. The normalized spacial score (nSPS) is 10.6. The Morgan fingerprint density at radius 2 is 2.21 bits per heavy atom. The first-order valence-corrected chi connectivity index (χ1v) is 5.09. The van der Waals surface area contributed by atoms with Gasteiger partial charge >= 0.3 is 0 Å². The number of hydrogen-bond donors (Lipinski definition) is 2. The number of nitrogens with one attached hydrogen (secondary N) is 2. The summed E-state index contributed by atoms with van der Waals surface area (Å²) in [4.78, 5) is 0. The lowest BCUT2D eigenvalue weighted by atomic mass is 10.2. The molecule has 1 heterocycles. The Morgan fingerprint density at radius 3 is 3.07 bits per heavy atom. The maximum absolute atomic E-state index is 4.23. The highest BCUT2D eigenvalue weighted by molar-refractivity contribution is 5.89. The van der Waals surface area contributed by atoms with Gasteiger partial charge in [0.25, 0.3) is 0 Å². The van der Waals surface area contributed by atoms with Crippen LogP contribution in [0.3, 0.4) is 0 Å². The van der Waals surface area contributed by atoms with Gasteiger partial charge in [-0.2, -0.15) is 5.10 Å². The molecule has 0 bridgehead atoms. The number of hydrogen-bond acceptors (Lipinski definition) is 2. The van der Waals surface area contributed by atoms with E-state index in [1.807, 2.05) is 18.2 Å². The van der Waals surface area contributed by atoms with Gasteiger partial charge in [0, 0.05) is 11.9 Å². The van der Waals surface area contributed by atoms with Crippen LogP contribution in [-0.4, -0.2) is 16.7 Å². The summed E-state index contributed by atoms with van der Waals surface area (Å²) in [6, 6.07) is 8.15. The van der Waals surface area contributed by atoms with E-state index in [0.29, 0.717) is 0 Å². The third-order valence-corrected chi connectivity index (χ3v) is 2.29. The van der Waals surface area contributed by atoms with Crippen LogP contribution in [0.2, 0.25) is 0 Å². The fourth-order valence-corrected chi connectivity index (χ4v) is 1.48. The molecule has 0 aliphatic heterocycles. The van der Waals surface area contributed by atoms with E-state index in [2.05, 4.69) is 28.5 Å². The molecule has 14 heavy (non-hydrogen) atoms. The molecule has 3 heteroatoms. The predicted molar refractivity (Wildman–Crippen MR) is 59.5 cm³/mol. The molecule has 0 aliphatic rings. The third-order valence-electron chi connectivity index (χ3n) is 2.29. The minimum absolute atomic E-state index is 0.967. The van der Waals surface area contributed by atoms with Gasteiger partial charge in [-0.1, -0.05) is 25.5 Å². The van der Waals surface area contributed by atoms with E-state index in [1.54, 1.807) is 0 Å². The molecule has 0 saturated heterocycles. The number of para-hydroxylation sites is 1. The highest BCUT2D eigenvalue weighted by atomic mass is 15.2. The lowest BCUT2D eigenvalue weighted by Crippen LogP contribution is -2.01. The molecule has 2 rings (SSSR count). The maximum atomic E-state index is 4.23. The molecule has 0 aliphatic carbocycles. The van der Waals surface area contributed by atoms with Crippen LogP contribution in [0.5, 0.6) is 0 Å². The summed E-state index contributed by atoms with van der Waals surface area (Å²) >= 11 is 0. The largest absolute Gasteiger partial charge is 0.368 e. The predicted octanol–water partition coefficient (Wildman–Crippen LogP) is 2.77. The molecule has 0 spiro atoms. The first-order chi connectivity index (χ1) is 6.92. The van der Waals surface area contributed by atoms with Gasteiger partial charge < -0.3 is 5.32 Å². The SMILES string of the molecule is CCCCNc1n[nH]c2ccccc12. The second-order valence-electron chi connectivity index (χ2n) is 3.40. The van der Waals surface area contributed by atoms with E-state index >= 15 is 0 Å². The smallest absolute Gasteiger partial charge is 0.155 e. The number of fused-ring (bicyclic) bond motifs is 1. The van der Waals surface area contributed by atoms with Crippen molar-refractivity contribution in [2.75, 3.05) is 11.9 Å². The van der Waals surface area contributed by atoms with Gasteiger partial charge in [0.2, 0.25) is 0 Å². The van der Waals surface area contributed by atoms with Gasteiger partial charge in [-0.25, -0.2) is 0 Å². The van der Waals surface area contributed by atoms with Crippen LogP contribution in [0.25, 0.3) is 10.9 Å². The summed E-state index contributed by atoms with van der Waals surface area (Å²) in [5.74, 6) is 0.967. The van der Waals surface area contributed by atoms with E-state index in [4.69, 9.17) is 0 Å². The number of benzene rings is 1. The Kier molecular flexibility index (Phi) is 2.68. The van der Waals surface area contributed by atoms with Gasteiger partial charge in [0.15, 0.2) is 5.82 Å². The van der Waals surface area contributed by atoms with Crippen LogP contribution in [0, 0.1) is 0 Å². The first-order valence-electron chi connectivity index (χ1n) is 5.09. The van der Waals surface area contributed by atoms with Crippen LogP contribution >= 0.6 is 0 Å².